The highest BCUT2D eigenvalue weighted by atomic mass is 16.3. The van der Waals surface area contributed by atoms with Crippen LogP contribution in [0.25, 0.3) is 65.4 Å². The monoisotopic (exact) mass is 693 g/mol. The second kappa shape index (κ2) is 11.3. The van der Waals surface area contributed by atoms with Crippen LogP contribution in [0.15, 0.2) is 180 Å². The average Bonchev–Trinajstić information content (AvgIpc) is 3.67. The van der Waals surface area contributed by atoms with Crippen LogP contribution in [0.3, 0.4) is 0 Å². The van der Waals surface area contributed by atoms with Gasteiger partial charge in [0.05, 0.1) is 0 Å². The third kappa shape index (κ3) is 4.34. The predicted molar refractivity (Wildman–Crippen MR) is 229 cm³/mol. The molecule has 0 bridgehead atoms. The van der Waals surface area contributed by atoms with Gasteiger partial charge < -0.3 is 9.32 Å². The van der Waals surface area contributed by atoms with Crippen LogP contribution in [-0.4, -0.2) is 0 Å². The van der Waals surface area contributed by atoms with E-state index < -0.39 is 0 Å². The van der Waals surface area contributed by atoms with Crippen molar-refractivity contribution in [2.75, 3.05) is 4.90 Å². The molecule has 0 radical (unpaired) electrons. The minimum absolute atomic E-state index is 0.0164. The molecule has 2 nitrogen and oxygen atoms in total. The molecule has 1 heterocycles. The van der Waals surface area contributed by atoms with Gasteiger partial charge in [-0.15, -0.1) is 0 Å². The second-order valence-electron chi connectivity index (χ2n) is 15.9. The fraction of sp³-hybridized carbons (Fsp3) is 0.115. The van der Waals surface area contributed by atoms with E-state index in [2.05, 4.69) is 190 Å². The number of rotatable bonds is 4. The number of anilines is 3. The number of hydrogen-bond acceptors (Lipinski definition) is 2. The number of furan rings is 1. The van der Waals surface area contributed by atoms with Gasteiger partial charge in [-0.05, 0) is 109 Å². The van der Waals surface area contributed by atoms with E-state index in [-0.39, 0.29) is 10.8 Å². The molecule has 9 aromatic rings. The molecule has 11 rings (SSSR count). The van der Waals surface area contributed by atoms with Gasteiger partial charge in [-0.1, -0.05) is 148 Å². The van der Waals surface area contributed by atoms with Crippen LogP contribution < -0.4 is 4.90 Å². The molecule has 0 spiro atoms. The molecule has 2 unspecified atom stereocenters. The van der Waals surface area contributed by atoms with Gasteiger partial charge in [0.2, 0.25) is 0 Å². The number of fused-ring (bicyclic) bond motifs is 12. The summed E-state index contributed by atoms with van der Waals surface area (Å²) in [6.07, 6.45) is 9.24. The summed E-state index contributed by atoms with van der Waals surface area (Å²) in [4.78, 5) is 2.39. The Bertz CT molecular complexity index is 3010. The molecule has 2 heteroatoms. The van der Waals surface area contributed by atoms with Crippen LogP contribution in [0.4, 0.5) is 17.1 Å². The van der Waals surface area contributed by atoms with Gasteiger partial charge in [-0.25, -0.2) is 0 Å². The highest BCUT2D eigenvalue weighted by Crippen LogP contribution is 2.61. The summed E-state index contributed by atoms with van der Waals surface area (Å²) in [7, 11) is 0. The number of hydrogen-bond donors (Lipinski definition) is 0. The minimum atomic E-state index is 0.0164. The van der Waals surface area contributed by atoms with Gasteiger partial charge in [-0.3, -0.25) is 0 Å². The van der Waals surface area contributed by atoms with Crippen molar-refractivity contribution < 1.29 is 4.42 Å². The Morgan fingerprint density at radius 1 is 0.463 bits per heavy atom. The summed E-state index contributed by atoms with van der Waals surface area (Å²) >= 11 is 0. The first-order chi connectivity index (χ1) is 26.4. The maximum atomic E-state index is 6.27. The molecule has 54 heavy (non-hydrogen) atoms. The maximum Gasteiger partial charge on any atom is 0.135 e. The molecule has 2 aliphatic carbocycles. The quantitative estimate of drug-likeness (QED) is 0.171. The summed E-state index contributed by atoms with van der Waals surface area (Å²) in [5, 5.41) is 9.85. The van der Waals surface area contributed by atoms with Crippen molar-refractivity contribution in [1.82, 2.24) is 0 Å². The van der Waals surface area contributed by atoms with Crippen molar-refractivity contribution in [3.8, 4) is 11.1 Å². The van der Waals surface area contributed by atoms with Gasteiger partial charge >= 0.3 is 0 Å². The molecular formula is C52H39NO. The SMILES string of the molecule is CC1(C)c2cc(-c3ccc(N(c4ccc5oc6ccccc6c5c4)c4ccc5c6ccccc6c6ccccc6c5c4)cc3)ccc2C2C=CC=CC21C. The van der Waals surface area contributed by atoms with E-state index in [1.54, 1.807) is 0 Å². The Kier molecular flexibility index (Phi) is 6.53. The average molecular weight is 694 g/mol. The standard InChI is InChI=1S/C52H39NO/c1-51(2)48-30-34(21-26-44(48)47-17-10-11-29-52(47,51)3)33-19-22-35(23-20-33)53(37-25-28-50-46(32-37)43-16-8-9-18-49(43)54-50)36-24-27-42-40-14-5-4-12-38(40)39-13-6-7-15-41(39)45(42)31-36/h4-32,47H,1-3H3. The number of allylic oxidation sites excluding steroid dienone is 4. The predicted octanol–water partition coefficient (Wildman–Crippen LogP) is 14.7. The summed E-state index contributed by atoms with van der Waals surface area (Å²) in [5.41, 5.74) is 10.6. The molecule has 0 saturated carbocycles. The van der Waals surface area contributed by atoms with Crippen LogP contribution in [0.5, 0.6) is 0 Å². The normalized spacial score (nSPS) is 18.5. The summed E-state index contributed by atoms with van der Waals surface area (Å²) in [6, 6.07) is 55.7. The molecule has 2 atom stereocenters. The van der Waals surface area contributed by atoms with Crippen molar-refractivity contribution in [3.05, 3.63) is 187 Å². The van der Waals surface area contributed by atoms with Gasteiger partial charge in [0.15, 0.2) is 0 Å². The fourth-order valence-electron chi connectivity index (χ4n) is 9.73. The smallest absolute Gasteiger partial charge is 0.135 e. The Labute approximate surface area is 315 Å². The number of benzene rings is 8. The van der Waals surface area contributed by atoms with E-state index in [4.69, 9.17) is 4.42 Å². The largest absolute Gasteiger partial charge is 0.456 e. The molecule has 2 aliphatic rings. The maximum absolute atomic E-state index is 6.27. The summed E-state index contributed by atoms with van der Waals surface area (Å²) in [5.74, 6) is 0.402. The Hall–Kier alpha value is -6.38. The highest BCUT2D eigenvalue weighted by molar-refractivity contribution is 6.25. The summed E-state index contributed by atoms with van der Waals surface area (Å²) < 4.78 is 6.27. The van der Waals surface area contributed by atoms with Crippen LogP contribution in [0, 0.1) is 5.41 Å². The first-order valence-corrected chi connectivity index (χ1v) is 19.0. The summed E-state index contributed by atoms with van der Waals surface area (Å²) in [6.45, 7) is 7.24. The van der Waals surface area contributed by atoms with Gasteiger partial charge in [0.25, 0.3) is 0 Å². The zero-order valence-electron chi connectivity index (χ0n) is 30.7. The van der Waals surface area contributed by atoms with Gasteiger partial charge in [0, 0.05) is 39.2 Å². The molecule has 0 fully saturated rings. The third-order valence-corrected chi connectivity index (χ3v) is 13.0. The lowest BCUT2D eigenvalue weighted by atomic mass is 9.62. The Balaban J connectivity index is 1.08. The van der Waals surface area contributed by atoms with Crippen molar-refractivity contribution in [2.24, 2.45) is 5.41 Å². The minimum Gasteiger partial charge on any atom is -0.456 e. The zero-order valence-corrected chi connectivity index (χ0v) is 30.7. The topological polar surface area (TPSA) is 16.4 Å². The molecule has 258 valence electrons. The lowest BCUT2D eigenvalue weighted by Crippen LogP contribution is -2.36. The number of nitrogens with zero attached hydrogens (tertiary/aromatic N) is 1. The van der Waals surface area contributed by atoms with Crippen LogP contribution in [0.1, 0.15) is 37.8 Å². The second-order valence-corrected chi connectivity index (χ2v) is 15.9. The van der Waals surface area contributed by atoms with Gasteiger partial charge in [0.1, 0.15) is 11.2 Å². The third-order valence-electron chi connectivity index (χ3n) is 13.0. The first-order valence-electron chi connectivity index (χ1n) is 19.0. The molecule has 1 aromatic heterocycles. The van der Waals surface area contributed by atoms with E-state index in [0.29, 0.717) is 5.92 Å². The number of para-hydroxylation sites is 1. The molecule has 0 saturated heterocycles. The lowest BCUT2D eigenvalue weighted by Gasteiger charge is -2.41. The van der Waals surface area contributed by atoms with Crippen molar-refractivity contribution in [1.29, 1.82) is 0 Å². The molecule has 8 aromatic carbocycles. The van der Waals surface area contributed by atoms with E-state index in [9.17, 15) is 0 Å². The van der Waals surface area contributed by atoms with Crippen LogP contribution >= 0.6 is 0 Å². The van der Waals surface area contributed by atoms with Crippen molar-refractivity contribution >= 4 is 71.3 Å². The van der Waals surface area contributed by atoms with E-state index >= 15 is 0 Å². The van der Waals surface area contributed by atoms with Crippen molar-refractivity contribution in [3.63, 3.8) is 0 Å². The van der Waals surface area contributed by atoms with Gasteiger partial charge in [-0.2, -0.15) is 0 Å². The van der Waals surface area contributed by atoms with E-state index in [1.165, 1.54) is 54.6 Å². The van der Waals surface area contributed by atoms with E-state index in [1.807, 2.05) is 12.1 Å². The van der Waals surface area contributed by atoms with Crippen LogP contribution in [-0.2, 0) is 5.41 Å². The fourth-order valence-corrected chi connectivity index (χ4v) is 9.73. The molecular weight excluding hydrogens is 655 g/mol. The lowest BCUT2D eigenvalue weighted by molar-refractivity contribution is 0.245. The zero-order chi connectivity index (χ0) is 36.2. The van der Waals surface area contributed by atoms with E-state index in [0.717, 1.165) is 39.0 Å². The van der Waals surface area contributed by atoms with Crippen molar-refractivity contribution in [2.45, 2.75) is 32.1 Å². The Morgan fingerprint density at radius 2 is 1.02 bits per heavy atom. The Morgan fingerprint density at radius 3 is 1.74 bits per heavy atom. The first kappa shape index (κ1) is 31.2. The molecule has 0 amide bonds. The van der Waals surface area contributed by atoms with Crippen LogP contribution in [0.2, 0.25) is 0 Å². The molecule has 0 aliphatic heterocycles. The molecule has 0 N–H and O–H groups in total. The highest BCUT2D eigenvalue weighted by Gasteiger charge is 2.53.